The molecule has 0 radical (unpaired) electrons. The van der Waals surface area contributed by atoms with Gasteiger partial charge in [0.15, 0.2) is 0 Å². The maximum atomic E-state index is 15.5. The molecule has 0 aliphatic carbocycles. The lowest BCUT2D eigenvalue weighted by molar-refractivity contribution is -0.143. The van der Waals surface area contributed by atoms with Gasteiger partial charge in [0.1, 0.15) is 83.1 Å². The highest BCUT2D eigenvalue weighted by atomic mass is 16.3. The minimum atomic E-state index is -2.04. The van der Waals surface area contributed by atoms with Crippen molar-refractivity contribution in [2.24, 2.45) is 28.7 Å². The maximum absolute atomic E-state index is 15.5. The number of hydrogen-bond donors (Lipinski definition) is 17. The van der Waals surface area contributed by atoms with Gasteiger partial charge < -0.3 is 95.2 Å². The second-order valence-electron chi connectivity index (χ2n) is 30.4. The molecule has 33 heteroatoms. The summed E-state index contributed by atoms with van der Waals surface area (Å²) in [5, 5.41) is 62.3. The summed E-state index contributed by atoms with van der Waals surface area (Å²) in [6.07, 6.45) is 7.65. The van der Waals surface area contributed by atoms with Gasteiger partial charge in [-0.05, 0) is 149 Å². The lowest BCUT2D eigenvalue weighted by atomic mass is 9.80. The van der Waals surface area contributed by atoms with Gasteiger partial charge in [0.25, 0.3) is 0 Å². The molecule has 2 aromatic heterocycles. The highest BCUT2D eigenvalue weighted by Crippen LogP contribution is 2.33. The number of hydrogen-bond acceptors (Lipinski definition) is 18. The Kier molecular flexibility index (Phi) is 31.9. The zero-order valence-electron chi connectivity index (χ0n) is 64.3. The van der Waals surface area contributed by atoms with Crippen LogP contribution in [-0.2, 0) is 86.4 Å². The van der Waals surface area contributed by atoms with E-state index in [1.165, 1.54) is 80.4 Å². The molecule has 0 bridgehead atoms. The van der Waals surface area contributed by atoms with Gasteiger partial charge in [-0.1, -0.05) is 83.9 Å². The van der Waals surface area contributed by atoms with Gasteiger partial charge in [-0.25, -0.2) is 4.98 Å². The molecule has 33 nitrogen and oxygen atoms in total. The number of primary amides is 2. The number of nitrogens with zero attached hydrogens (tertiary/aromatic N) is 2. The number of benzene rings is 2. The average Bonchev–Trinajstić information content (AvgIpc) is 1.62. The second kappa shape index (κ2) is 40.6. The Morgan fingerprint density at radius 3 is 2.05 bits per heavy atom. The van der Waals surface area contributed by atoms with Gasteiger partial charge >= 0.3 is 0 Å². The summed E-state index contributed by atoms with van der Waals surface area (Å²) in [5.74, 6) is -12.9. The zero-order chi connectivity index (χ0) is 81.4. The molecule has 3 aliphatic heterocycles. The van der Waals surface area contributed by atoms with E-state index in [1.54, 1.807) is 58.2 Å². The number of amides is 14. The standard InChI is InChI=1S/C78H110N16O17/c1-9-10-23-53(64(79)100)86-69(104)56(39-46-28-32-49(97)33-29-46)87-73(108)62-52-22-14-12-11-13-20-43(2)67(102)85-54(65(80)101)24-15-16-36-81-60(99)27-17-25-55(84-45(4)96)68(103)92-63(77(5,6)7)74(109)89-58(40-47-30-34-50(98)35-31-47)75(110)94-38-19-26-59(94)71(106)90-61(44(3)95)72(107)88-57(70(105)93-78(52,8)76(111)91-62)41-48-42-83-66-51(48)21-18-37-82-66/h12,14,18,21,28-35,37,42-44,52-59,61-63,95,97-98H,9-11,13,15-17,19-20,22-27,36,38-41H2,1-8H3,(H2,79,100)(H2,80,101)(H,81,99)(H,82,83)(H,84,96)(H,85,102)(H,86,104)(H,87,108)(H,88,107)(H,89,109)(H,90,106)(H,91,111)(H,92,103)(H,93,105)/t43-,44-,52?,53+,54+,55+,56+,57+,58+,59+,61+,62+,63-,78?/m1/s1. The number of allylic oxidation sites excluding steroid dienone is 2. The number of aliphatic hydroxyl groups excluding tert-OH is 1. The number of pyridine rings is 1. The van der Waals surface area contributed by atoms with Crippen molar-refractivity contribution >= 4 is 93.7 Å². The van der Waals surface area contributed by atoms with E-state index >= 15 is 19.2 Å². The number of aliphatic hydroxyl groups is 1. The molecule has 3 aliphatic rings. The quantitative estimate of drug-likeness (QED) is 0.0647. The lowest BCUT2D eigenvalue weighted by Gasteiger charge is -2.34. The van der Waals surface area contributed by atoms with Crippen LogP contribution in [0.15, 0.2) is 85.2 Å². The molecule has 2 aromatic carbocycles. The fourth-order valence-corrected chi connectivity index (χ4v) is 14.0. The molecule has 7 rings (SSSR count). The number of rotatable bonds is 17. The molecule has 0 spiro atoms. The van der Waals surface area contributed by atoms with Crippen LogP contribution in [0.3, 0.4) is 0 Å². The minimum Gasteiger partial charge on any atom is -0.508 e. The van der Waals surface area contributed by atoms with E-state index in [0.29, 0.717) is 72.7 Å². The van der Waals surface area contributed by atoms with Crippen LogP contribution in [0.1, 0.15) is 168 Å². The van der Waals surface area contributed by atoms with E-state index in [2.05, 4.69) is 68.5 Å². The Labute approximate surface area is 645 Å². The molecule has 111 heavy (non-hydrogen) atoms. The number of phenols is 2. The molecule has 2 fully saturated rings. The van der Waals surface area contributed by atoms with Gasteiger partial charge in [0.2, 0.25) is 82.7 Å². The maximum Gasteiger partial charge on any atom is 0.246 e. The van der Waals surface area contributed by atoms with Gasteiger partial charge in [-0.2, -0.15) is 0 Å². The number of H-pyrrole nitrogens is 1. The fourth-order valence-electron chi connectivity index (χ4n) is 14.0. The van der Waals surface area contributed by atoms with Crippen molar-refractivity contribution < 1.29 is 82.4 Å². The number of carbonyl (C=O) groups excluding carboxylic acids is 14. The smallest absolute Gasteiger partial charge is 0.246 e. The fraction of sp³-hybridized carbons (Fsp3) is 0.551. The predicted molar refractivity (Wildman–Crippen MR) is 408 cm³/mol. The first-order chi connectivity index (χ1) is 52.6. The number of phenolic OH excluding ortho intramolecular Hbond substituents is 2. The van der Waals surface area contributed by atoms with E-state index in [1.807, 2.05) is 6.92 Å². The van der Waals surface area contributed by atoms with Gasteiger partial charge in [0.05, 0.1) is 6.10 Å². The van der Waals surface area contributed by atoms with Crippen LogP contribution in [-0.4, -0.2) is 198 Å². The highest BCUT2D eigenvalue weighted by molar-refractivity contribution is 6.03. The Morgan fingerprint density at radius 1 is 0.721 bits per heavy atom. The number of aromatic nitrogens is 2. The molecule has 5 heterocycles. The summed E-state index contributed by atoms with van der Waals surface area (Å²) in [6.45, 7) is 12.5. The first-order valence-corrected chi connectivity index (χ1v) is 38.1. The number of nitrogens with two attached hydrogens (primary N) is 2. The lowest BCUT2D eigenvalue weighted by Crippen LogP contribution is -2.63. The van der Waals surface area contributed by atoms with Crippen LogP contribution in [0.5, 0.6) is 11.5 Å². The molecular formula is C78H110N16O17. The summed E-state index contributed by atoms with van der Waals surface area (Å²) in [5.41, 5.74) is 10.2. The third kappa shape index (κ3) is 25.0. The number of fused-ring (bicyclic) bond motifs is 3. The van der Waals surface area contributed by atoms with Gasteiger partial charge in [-0.15, -0.1) is 0 Å². The second-order valence-corrected chi connectivity index (χ2v) is 30.4. The molecule has 14 amide bonds. The predicted octanol–water partition coefficient (Wildman–Crippen LogP) is 0.692. The summed E-state index contributed by atoms with van der Waals surface area (Å²) in [4.78, 5) is 207. The largest absolute Gasteiger partial charge is 0.508 e. The van der Waals surface area contributed by atoms with E-state index in [9.17, 15) is 63.3 Å². The summed E-state index contributed by atoms with van der Waals surface area (Å²) in [6, 6.07) is 0.962. The normalized spacial score (nSPS) is 25.5. The summed E-state index contributed by atoms with van der Waals surface area (Å²) in [7, 11) is 0. The molecule has 14 atom stereocenters. The van der Waals surface area contributed by atoms with Crippen LogP contribution >= 0.6 is 0 Å². The van der Waals surface area contributed by atoms with Crippen molar-refractivity contribution in [2.45, 2.75) is 243 Å². The van der Waals surface area contributed by atoms with Crippen molar-refractivity contribution in [3.8, 4) is 11.5 Å². The van der Waals surface area contributed by atoms with Crippen molar-refractivity contribution in [2.75, 3.05) is 13.1 Å². The minimum absolute atomic E-state index is 0.0314. The summed E-state index contributed by atoms with van der Waals surface area (Å²) >= 11 is 0. The van der Waals surface area contributed by atoms with Gasteiger partial charge in [0, 0.05) is 75.3 Å². The zero-order valence-corrected chi connectivity index (χ0v) is 64.3. The molecule has 0 saturated carbocycles. The first-order valence-electron chi connectivity index (χ1n) is 38.1. The van der Waals surface area contributed by atoms with Crippen molar-refractivity contribution in [1.29, 1.82) is 0 Å². The Bertz CT molecular complexity index is 4010. The van der Waals surface area contributed by atoms with E-state index in [0.717, 1.165) is 0 Å². The monoisotopic (exact) mass is 1540 g/mol. The van der Waals surface area contributed by atoms with Gasteiger partial charge in [-0.3, -0.25) is 67.1 Å². The van der Waals surface area contributed by atoms with E-state index < -0.39 is 166 Å². The number of aromatic amines is 1. The third-order valence-corrected chi connectivity index (χ3v) is 20.5. The number of unbranched alkanes of at least 4 members (excludes halogenated alkanes) is 1. The van der Waals surface area contributed by atoms with Crippen LogP contribution in [0, 0.1) is 17.3 Å². The number of aromatic hydroxyl groups is 2. The van der Waals surface area contributed by atoms with Crippen molar-refractivity contribution in [3.05, 3.63) is 102 Å². The molecule has 2 unspecified atom stereocenters. The van der Waals surface area contributed by atoms with Crippen LogP contribution in [0.25, 0.3) is 11.0 Å². The van der Waals surface area contributed by atoms with E-state index in [4.69, 9.17) is 11.5 Å². The Hall–Kier alpha value is -11.0. The van der Waals surface area contributed by atoms with Crippen LogP contribution in [0.4, 0.5) is 0 Å². The van der Waals surface area contributed by atoms with Crippen LogP contribution < -0.4 is 70.0 Å². The third-order valence-electron chi connectivity index (χ3n) is 20.5. The van der Waals surface area contributed by atoms with Crippen molar-refractivity contribution in [1.82, 2.24) is 73.4 Å². The molecule has 19 N–H and O–H groups in total. The Morgan fingerprint density at radius 2 is 1.41 bits per heavy atom. The Balaban J connectivity index is 1.25. The first kappa shape index (κ1) is 87.2. The van der Waals surface area contributed by atoms with E-state index in [-0.39, 0.29) is 101 Å². The summed E-state index contributed by atoms with van der Waals surface area (Å²) < 4.78 is 0. The molecule has 4 aromatic rings. The average molecular weight is 1540 g/mol. The van der Waals surface area contributed by atoms with Crippen LogP contribution in [0.2, 0.25) is 0 Å². The molecular weight excluding hydrogens is 1430 g/mol. The SMILES string of the molecule is CCCC[C@H](NC(=O)[C@H](Cc1ccc(O)cc1)NC(=O)[C@H]1NC(=O)C2(C)NC(=O)[C@H](Cc3c[nH]c4ncccc34)NC(=O)[C@H]([C@@H](C)O)NC(=O)[C@@H]3CCCN3C(=O)[C@H](Cc3ccc(O)cc3)NC(=O)[C@H](C(C)(C)C)NC(=O)[C@@H](NC(C)=O)CCCC(=O)NCCCC[C@@H](C(N)=O)NC(=O)[C@H](C)CCCC=CCC12)C(N)=O. The highest BCUT2D eigenvalue weighted by Gasteiger charge is 2.56. The molecule has 604 valence electrons. The topological polar surface area (TPSA) is 516 Å². The van der Waals surface area contributed by atoms with Crippen molar-refractivity contribution in [3.63, 3.8) is 0 Å². The molecule has 2 saturated heterocycles. The number of nitrogens with one attached hydrogen (secondary N) is 12. The number of carbonyl (C=O) groups is 14.